The number of carbonyl (C=O) groups is 5. The van der Waals surface area contributed by atoms with Crippen molar-refractivity contribution < 1.29 is 42.9 Å². The van der Waals surface area contributed by atoms with Crippen LogP contribution in [0.2, 0.25) is 0 Å². The molecule has 71 heavy (non-hydrogen) atoms. The lowest BCUT2D eigenvalue weighted by molar-refractivity contribution is -0.130. The van der Waals surface area contributed by atoms with E-state index < -0.39 is 23.9 Å². The molecule has 0 saturated carbocycles. The largest absolute Gasteiger partial charge is 0.493 e. The summed E-state index contributed by atoms with van der Waals surface area (Å²) in [5.41, 5.74) is 7.51. The molecule has 9 rings (SSSR count). The maximum Gasteiger partial charge on any atom is 0.261 e. The third-order valence-electron chi connectivity index (χ3n) is 13.1. The van der Waals surface area contributed by atoms with Gasteiger partial charge in [-0.05, 0) is 91.4 Å². The van der Waals surface area contributed by atoms with E-state index in [1.807, 2.05) is 67.3 Å². The number of hydrogen-bond donors (Lipinski definition) is 5. The number of amides is 5. The van der Waals surface area contributed by atoms with E-state index in [0.29, 0.717) is 81.7 Å². The Hall–Kier alpha value is -7.53. The van der Waals surface area contributed by atoms with E-state index in [1.54, 1.807) is 61.4 Å². The molecule has 0 saturated heterocycles. The van der Waals surface area contributed by atoms with Crippen molar-refractivity contribution in [1.82, 2.24) is 10.6 Å². The van der Waals surface area contributed by atoms with Gasteiger partial charge in [0.15, 0.2) is 23.0 Å². The lowest BCUT2D eigenvalue weighted by Crippen LogP contribution is -2.50. The molecule has 368 valence electrons. The lowest BCUT2D eigenvalue weighted by atomic mass is 10.1. The van der Waals surface area contributed by atoms with Gasteiger partial charge in [-0.2, -0.15) is 12.6 Å². The van der Waals surface area contributed by atoms with Gasteiger partial charge in [-0.1, -0.05) is 50.2 Å². The van der Waals surface area contributed by atoms with Crippen LogP contribution in [0.1, 0.15) is 83.5 Å². The molecule has 0 aliphatic carbocycles. The van der Waals surface area contributed by atoms with Gasteiger partial charge in [0, 0.05) is 59.5 Å². The van der Waals surface area contributed by atoms with Gasteiger partial charge in [-0.25, -0.2) is 0 Å². The highest BCUT2D eigenvalue weighted by atomic mass is 32.1. The average molecular weight is 980 g/mol. The molecule has 4 aliphatic heterocycles. The van der Waals surface area contributed by atoms with Crippen molar-refractivity contribution >= 4 is 76.8 Å². The smallest absolute Gasteiger partial charge is 0.261 e. The first-order valence-corrected chi connectivity index (χ1v) is 24.1. The van der Waals surface area contributed by atoms with E-state index in [4.69, 9.17) is 23.9 Å². The molecule has 0 aromatic heterocycles. The topological polar surface area (TPSA) is 189 Å². The van der Waals surface area contributed by atoms with Crippen molar-refractivity contribution in [3.05, 3.63) is 124 Å². The zero-order valence-corrected chi connectivity index (χ0v) is 41.4. The third kappa shape index (κ3) is 10.4. The van der Waals surface area contributed by atoms with E-state index in [9.17, 15) is 24.0 Å². The first-order valence-electron chi connectivity index (χ1n) is 23.6. The highest BCUT2D eigenvalue weighted by molar-refractivity contribution is 7.81. The standard InChI is InChI=1S/C54H57N7O9S/c1-30(57-49(62)15-16-54(3,4)71)50(63)58-31(2)51(64)59-36-18-32(28-69-47-24-41-39(22-45(47)67-5)52(65)60-37(26-55-41)20-34-11-7-9-13-43(34)60)17-33(19-36)29-70-48-25-42-40(23-46(48)68-6)53(66)61-38(27-56-42)21-35-12-8-10-14-44(35)61/h7-14,17-19,22-26,30-31,37-38,56,71H,15-16,20-21,27-29H2,1-6H3,(H,57,62)(H,58,63)(H,59,64)/t30-,31-,37?,38-/m0/s1. The van der Waals surface area contributed by atoms with Crippen LogP contribution < -0.4 is 50.0 Å². The molecule has 5 aromatic rings. The molecule has 5 amide bonds. The summed E-state index contributed by atoms with van der Waals surface area (Å²) in [6.45, 7) is 7.46. The second-order valence-corrected chi connectivity index (χ2v) is 20.1. The molecule has 0 bridgehead atoms. The van der Waals surface area contributed by atoms with Crippen molar-refractivity contribution in [2.24, 2.45) is 4.99 Å². The average Bonchev–Trinajstić information content (AvgIpc) is 3.84. The van der Waals surface area contributed by atoms with Crippen LogP contribution in [0.25, 0.3) is 0 Å². The van der Waals surface area contributed by atoms with E-state index in [2.05, 4.69) is 40.0 Å². The van der Waals surface area contributed by atoms with Crippen LogP contribution in [0.5, 0.6) is 23.0 Å². The minimum atomic E-state index is -0.988. The maximum absolute atomic E-state index is 14.1. The van der Waals surface area contributed by atoms with Crippen molar-refractivity contribution in [3.8, 4) is 23.0 Å². The summed E-state index contributed by atoms with van der Waals surface area (Å²) in [5, 5.41) is 11.8. The SMILES string of the molecule is COc1cc2c(cc1OCc1cc(COc3cc4c(cc3OC)C(=O)N3c5ccccc5C[C@H]3CN4)cc(NC(=O)[C@H](C)NC(=O)[C@H](C)NC(=O)CCC(C)(C)S)c1)N=CC1Cc3ccccc3N1C2=O. The molecule has 0 fully saturated rings. The molecule has 0 spiro atoms. The zero-order chi connectivity index (χ0) is 50.1. The van der Waals surface area contributed by atoms with Crippen LogP contribution in [-0.4, -0.2) is 85.4 Å². The van der Waals surface area contributed by atoms with Crippen molar-refractivity contribution in [2.75, 3.05) is 41.2 Å². The predicted molar refractivity (Wildman–Crippen MR) is 275 cm³/mol. The molecule has 5 aromatic carbocycles. The number of rotatable bonds is 16. The Morgan fingerprint density at radius 1 is 0.746 bits per heavy atom. The van der Waals surface area contributed by atoms with E-state index >= 15 is 0 Å². The highest BCUT2D eigenvalue weighted by Gasteiger charge is 2.39. The second kappa shape index (κ2) is 20.1. The second-order valence-electron chi connectivity index (χ2n) is 18.9. The quantitative estimate of drug-likeness (QED) is 0.0617. The normalized spacial score (nSPS) is 17.1. The summed E-state index contributed by atoms with van der Waals surface area (Å²) in [6, 6.07) is 25.8. The van der Waals surface area contributed by atoms with E-state index in [-0.39, 0.29) is 54.2 Å². The number of hydrogen-bond acceptors (Lipinski definition) is 12. The van der Waals surface area contributed by atoms with Crippen molar-refractivity contribution in [3.63, 3.8) is 0 Å². The summed E-state index contributed by atoms with van der Waals surface area (Å²) >= 11 is 4.47. The highest BCUT2D eigenvalue weighted by Crippen LogP contribution is 2.43. The van der Waals surface area contributed by atoms with Crippen molar-refractivity contribution in [2.45, 2.75) is 95.5 Å². The number of nitrogens with one attached hydrogen (secondary N) is 4. The van der Waals surface area contributed by atoms with Gasteiger partial charge in [0.05, 0.1) is 48.8 Å². The lowest BCUT2D eigenvalue weighted by Gasteiger charge is -2.22. The first kappa shape index (κ1) is 48.5. The minimum Gasteiger partial charge on any atom is -0.493 e. The molecule has 16 nitrogen and oxygen atoms in total. The van der Waals surface area contributed by atoms with Gasteiger partial charge in [0.2, 0.25) is 17.7 Å². The van der Waals surface area contributed by atoms with Crippen LogP contribution in [0, 0.1) is 0 Å². The predicted octanol–water partition coefficient (Wildman–Crippen LogP) is 7.58. The number of aliphatic imine (C=N–C) groups is 1. The number of anilines is 4. The zero-order valence-electron chi connectivity index (χ0n) is 40.5. The Kier molecular flexibility index (Phi) is 13.7. The fourth-order valence-corrected chi connectivity index (χ4v) is 9.49. The monoisotopic (exact) mass is 979 g/mol. The molecule has 4 atom stereocenters. The van der Waals surface area contributed by atoms with Crippen LogP contribution in [0.15, 0.2) is 96.0 Å². The number of thiol groups is 1. The van der Waals surface area contributed by atoms with Gasteiger partial charge in [0.1, 0.15) is 25.3 Å². The number of ether oxygens (including phenoxy) is 4. The Balaban J connectivity index is 0.950. The summed E-state index contributed by atoms with van der Waals surface area (Å²) in [7, 11) is 3.02. The minimum absolute atomic E-state index is 0.00542. The molecule has 1 unspecified atom stereocenters. The van der Waals surface area contributed by atoms with Crippen LogP contribution in [0.3, 0.4) is 0 Å². The molecule has 4 N–H and O–H groups in total. The van der Waals surface area contributed by atoms with Gasteiger partial charge < -0.3 is 45.1 Å². The third-order valence-corrected chi connectivity index (χ3v) is 13.3. The van der Waals surface area contributed by atoms with E-state index in [0.717, 1.165) is 28.9 Å². The molecular formula is C54H57N7O9S. The van der Waals surface area contributed by atoms with Gasteiger partial charge in [0.25, 0.3) is 11.8 Å². The molecular weight excluding hydrogens is 923 g/mol. The molecule has 4 aliphatic rings. The number of benzene rings is 5. The fraction of sp³-hybridized carbons (Fsp3) is 0.333. The fourth-order valence-electron chi connectivity index (χ4n) is 9.38. The molecule has 0 radical (unpaired) electrons. The first-order chi connectivity index (χ1) is 34.1. The number of para-hydroxylation sites is 2. The van der Waals surface area contributed by atoms with Crippen LogP contribution >= 0.6 is 12.6 Å². The van der Waals surface area contributed by atoms with Crippen molar-refractivity contribution in [1.29, 1.82) is 0 Å². The summed E-state index contributed by atoms with van der Waals surface area (Å²) in [4.78, 5) is 75.9. The summed E-state index contributed by atoms with van der Waals surface area (Å²) < 4.78 is 24.1. The van der Waals surface area contributed by atoms with Gasteiger partial charge >= 0.3 is 0 Å². The Bertz CT molecular complexity index is 2970. The molecule has 4 heterocycles. The van der Waals surface area contributed by atoms with Crippen LogP contribution in [-0.2, 0) is 40.4 Å². The molecule has 17 heteroatoms. The van der Waals surface area contributed by atoms with Gasteiger partial charge in [-0.15, -0.1) is 0 Å². The summed E-state index contributed by atoms with van der Waals surface area (Å²) in [5.74, 6) is -0.225. The Morgan fingerprint density at radius 3 is 2.00 bits per heavy atom. The Morgan fingerprint density at radius 2 is 1.34 bits per heavy atom. The summed E-state index contributed by atoms with van der Waals surface area (Å²) in [6.07, 6.45) is 3.90. The number of fused-ring (bicyclic) bond motifs is 8. The maximum atomic E-state index is 14.1. The number of methoxy groups -OCH3 is 2. The number of carbonyl (C=O) groups excluding carboxylic acids is 5. The van der Waals surface area contributed by atoms with E-state index in [1.165, 1.54) is 14.2 Å². The Labute approximate surface area is 417 Å². The van der Waals surface area contributed by atoms with Crippen LogP contribution in [0.4, 0.5) is 28.4 Å². The van der Waals surface area contributed by atoms with Gasteiger partial charge in [-0.3, -0.25) is 33.9 Å². The number of nitrogens with zero attached hydrogens (tertiary/aromatic N) is 3.